The Morgan fingerprint density at radius 1 is 1.05 bits per heavy atom. The second-order valence-corrected chi connectivity index (χ2v) is 11.8. The molecule has 2 aromatic heterocycles. The van der Waals surface area contributed by atoms with Gasteiger partial charge >= 0.3 is 0 Å². The second-order valence-electron chi connectivity index (χ2n) is 10.1. The molecule has 0 bridgehead atoms. The average molecular weight is 590 g/mol. The topological polar surface area (TPSA) is 138 Å². The predicted octanol–water partition coefficient (Wildman–Crippen LogP) is 4.24. The Bertz CT molecular complexity index is 1720. The maximum absolute atomic E-state index is 12.2. The van der Waals surface area contributed by atoms with E-state index in [1.807, 2.05) is 0 Å². The Balaban J connectivity index is 1.49. The molecule has 42 heavy (non-hydrogen) atoms. The standard InChI is InChI=1S/C29H35N9O3S/c1-6-19-16-23(25(41-4)17-24(19)38-14-12-37(3)13-15-38)34-29-32-18-20(7-2)28(35-29)33-22-9-8-21-26(31-11-10-30-21)27(22)36-42(5,39)40/h7-11,16-18,36H,2,6,12-15H2,1,3-5H3,(H2,32,33,34,35). The van der Waals surface area contributed by atoms with Crippen LogP contribution in [0.1, 0.15) is 18.1 Å². The summed E-state index contributed by atoms with van der Waals surface area (Å²) in [7, 11) is 0.169. The van der Waals surface area contributed by atoms with Gasteiger partial charge in [0.05, 0.1) is 35.9 Å². The van der Waals surface area contributed by atoms with Crippen molar-refractivity contribution in [2.75, 3.05) is 66.8 Å². The summed E-state index contributed by atoms with van der Waals surface area (Å²) in [4.78, 5) is 22.6. The highest BCUT2D eigenvalue weighted by molar-refractivity contribution is 7.92. The van der Waals surface area contributed by atoms with Crippen molar-refractivity contribution in [2.24, 2.45) is 0 Å². The van der Waals surface area contributed by atoms with E-state index in [1.54, 1.807) is 37.7 Å². The molecule has 3 heterocycles. The van der Waals surface area contributed by atoms with Gasteiger partial charge in [-0.1, -0.05) is 19.6 Å². The van der Waals surface area contributed by atoms with Crippen molar-refractivity contribution in [1.82, 2.24) is 24.8 Å². The molecular weight excluding hydrogens is 554 g/mol. The zero-order valence-corrected chi connectivity index (χ0v) is 25.0. The molecule has 0 radical (unpaired) electrons. The molecule has 4 aromatic rings. The minimum atomic E-state index is -3.62. The summed E-state index contributed by atoms with van der Waals surface area (Å²) in [5.74, 6) is 1.43. The lowest BCUT2D eigenvalue weighted by molar-refractivity contribution is 0.312. The number of hydrogen-bond donors (Lipinski definition) is 3. The molecule has 5 rings (SSSR count). The molecule has 3 N–H and O–H groups in total. The zero-order chi connectivity index (χ0) is 29.9. The number of hydrogen-bond acceptors (Lipinski definition) is 11. The molecule has 12 nitrogen and oxygen atoms in total. The van der Waals surface area contributed by atoms with E-state index < -0.39 is 10.0 Å². The van der Waals surface area contributed by atoms with Gasteiger partial charge in [0.1, 0.15) is 17.1 Å². The lowest BCUT2D eigenvalue weighted by Crippen LogP contribution is -2.44. The van der Waals surface area contributed by atoms with Crippen LogP contribution in [0.3, 0.4) is 0 Å². The first-order valence-electron chi connectivity index (χ1n) is 13.6. The molecule has 13 heteroatoms. The predicted molar refractivity (Wildman–Crippen MR) is 169 cm³/mol. The highest BCUT2D eigenvalue weighted by Gasteiger charge is 2.20. The maximum atomic E-state index is 12.2. The number of rotatable bonds is 10. The van der Waals surface area contributed by atoms with Crippen molar-refractivity contribution in [3.63, 3.8) is 0 Å². The Kier molecular flexibility index (Phi) is 8.41. The molecule has 0 unspecified atom stereocenters. The fourth-order valence-electron chi connectivity index (χ4n) is 4.88. The van der Waals surface area contributed by atoms with Crippen LogP contribution in [-0.2, 0) is 16.4 Å². The van der Waals surface area contributed by atoms with Crippen molar-refractivity contribution in [3.05, 3.63) is 60.6 Å². The number of sulfonamides is 1. The van der Waals surface area contributed by atoms with Crippen LogP contribution in [0, 0.1) is 0 Å². The summed E-state index contributed by atoms with van der Waals surface area (Å²) in [5.41, 5.74) is 5.38. The first-order chi connectivity index (χ1) is 20.2. The number of benzene rings is 2. The SMILES string of the molecule is C=Cc1cnc(Nc2cc(CC)c(N3CCN(C)CC3)cc2OC)nc1Nc1ccc2nccnc2c1NS(C)(=O)=O. The zero-order valence-electron chi connectivity index (χ0n) is 24.2. The lowest BCUT2D eigenvalue weighted by Gasteiger charge is -2.35. The van der Waals surface area contributed by atoms with Crippen LogP contribution in [0.4, 0.5) is 34.5 Å². The van der Waals surface area contributed by atoms with E-state index >= 15 is 0 Å². The van der Waals surface area contributed by atoms with Gasteiger partial charge in [-0.3, -0.25) is 14.7 Å². The van der Waals surface area contributed by atoms with E-state index in [2.05, 4.69) is 72.8 Å². The molecule has 1 saturated heterocycles. The van der Waals surface area contributed by atoms with Crippen LogP contribution in [0.5, 0.6) is 5.75 Å². The van der Waals surface area contributed by atoms with E-state index in [0.29, 0.717) is 39.8 Å². The molecule has 1 aliphatic heterocycles. The number of fused-ring (bicyclic) bond motifs is 1. The van der Waals surface area contributed by atoms with Crippen LogP contribution in [-0.4, -0.2) is 79.8 Å². The summed E-state index contributed by atoms with van der Waals surface area (Å²) in [6.07, 6.45) is 8.26. The molecule has 0 amide bonds. The Morgan fingerprint density at radius 2 is 1.81 bits per heavy atom. The Labute approximate surface area is 245 Å². The van der Waals surface area contributed by atoms with Gasteiger partial charge in [-0.15, -0.1) is 0 Å². The fraction of sp³-hybridized carbons (Fsp3) is 0.310. The van der Waals surface area contributed by atoms with Gasteiger partial charge in [-0.2, -0.15) is 4.98 Å². The van der Waals surface area contributed by atoms with E-state index in [1.165, 1.54) is 17.4 Å². The van der Waals surface area contributed by atoms with Crippen molar-refractivity contribution in [1.29, 1.82) is 0 Å². The Morgan fingerprint density at radius 3 is 2.50 bits per heavy atom. The summed E-state index contributed by atoms with van der Waals surface area (Å²) in [5, 5.41) is 6.55. The minimum absolute atomic E-state index is 0.264. The monoisotopic (exact) mass is 589 g/mol. The van der Waals surface area contributed by atoms with Crippen molar-refractivity contribution in [3.8, 4) is 5.75 Å². The first-order valence-corrected chi connectivity index (χ1v) is 15.5. The number of nitrogens with zero attached hydrogens (tertiary/aromatic N) is 6. The van der Waals surface area contributed by atoms with Crippen molar-refractivity contribution < 1.29 is 13.2 Å². The lowest BCUT2D eigenvalue weighted by atomic mass is 10.1. The highest BCUT2D eigenvalue weighted by atomic mass is 32.2. The van der Waals surface area contributed by atoms with Crippen LogP contribution in [0.25, 0.3) is 17.1 Å². The van der Waals surface area contributed by atoms with Crippen LogP contribution in [0.2, 0.25) is 0 Å². The van der Waals surface area contributed by atoms with Gasteiger partial charge in [-0.25, -0.2) is 13.4 Å². The molecule has 2 aromatic carbocycles. The van der Waals surface area contributed by atoms with Gasteiger partial charge in [0.25, 0.3) is 0 Å². The van der Waals surface area contributed by atoms with Crippen LogP contribution < -0.4 is 25.0 Å². The summed E-state index contributed by atoms with van der Waals surface area (Å²) in [6, 6.07) is 7.63. The summed E-state index contributed by atoms with van der Waals surface area (Å²) >= 11 is 0. The quantitative estimate of drug-likeness (QED) is 0.245. The van der Waals surface area contributed by atoms with Crippen molar-refractivity contribution in [2.45, 2.75) is 13.3 Å². The molecule has 0 aliphatic carbocycles. The number of methoxy groups -OCH3 is 1. The number of anilines is 6. The fourth-order valence-corrected chi connectivity index (χ4v) is 5.46. The average Bonchev–Trinajstić information content (AvgIpc) is 2.98. The van der Waals surface area contributed by atoms with Crippen molar-refractivity contribution >= 4 is 61.6 Å². The number of nitrogens with one attached hydrogen (secondary N) is 3. The number of ether oxygens (including phenoxy) is 1. The van der Waals surface area contributed by atoms with Crippen LogP contribution >= 0.6 is 0 Å². The smallest absolute Gasteiger partial charge is 0.229 e. The minimum Gasteiger partial charge on any atom is -0.494 e. The third kappa shape index (κ3) is 6.37. The molecule has 0 saturated carbocycles. The first kappa shape index (κ1) is 29.0. The molecule has 220 valence electrons. The third-order valence-corrected chi connectivity index (χ3v) is 7.67. The number of likely N-dealkylation sites (N-methyl/N-ethyl adjacent to an activating group) is 1. The second kappa shape index (κ2) is 12.2. The Hall–Kier alpha value is -4.49. The van der Waals surface area contributed by atoms with Gasteiger partial charge in [-0.05, 0) is 37.2 Å². The third-order valence-electron chi connectivity index (χ3n) is 7.09. The highest BCUT2D eigenvalue weighted by Crippen LogP contribution is 2.37. The maximum Gasteiger partial charge on any atom is 0.229 e. The van der Waals surface area contributed by atoms with E-state index in [0.717, 1.165) is 44.5 Å². The normalized spacial score (nSPS) is 14.0. The molecule has 1 aliphatic rings. The molecule has 0 spiro atoms. The van der Waals surface area contributed by atoms with Gasteiger partial charge < -0.3 is 25.2 Å². The van der Waals surface area contributed by atoms with Crippen LogP contribution in [0.15, 0.2) is 49.4 Å². The number of aryl methyl sites for hydroxylation is 1. The largest absolute Gasteiger partial charge is 0.494 e. The molecule has 0 atom stereocenters. The molecule has 1 fully saturated rings. The van der Waals surface area contributed by atoms with E-state index in [4.69, 9.17) is 9.72 Å². The summed E-state index contributed by atoms with van der Waals surface area (Å²) < 4.78 is 32.8. The van der Waals surface area contributed by atoms with E-state index in [-0.39, 0.29) is 5.69 Å². The van der Waals surface area contributed by atoms with Gasteiger partial charge in [0.2, 0.25) is 16.0 Å². The number of piperazine rings is 1. The van der Waals surface area contributed by atoms with Gasteiger partial charge in [0.15, 0.2) is 0 Å². The molecular formula is C29H35N9O3S. The summed E-state index contributed by atoms with van der Waals surface area (Å²) in [6.45, 7) is 9.95. The van der Waals surface area contributed by atoms with Gasteiger partial charge in [0, 0.05) is 62.1 Å². The number of aromatic nitrogens is 4. The van der Waals surface area contributed by atoms with E-state index in [9.17, 15) is 8.42 Å².